The molecular weight excluding hydrogens is 346 g/mol. The van der Waals surface area contributed by atoms with Crippen molar-refractivity contribution in [3.8, 4) is 11.3 Å². The molecule has 2 N–H and O–H groups in total. The second-order valence-electron chi connectivity index (χ2n) is 9.05. The first-order valence-corrected chi connectivity index (χ1v) is 10.1. The highest BCUT2D eigenvalue weighted by Gasteiger charge is 2.56. The Balaban J connectivity index is 1.31. The van der Waals surface area contributed by atoms with E-state index in [0.717, 1.165) is 53.5 Å². The van der Waals surface area contributed by atoms with E-state index in [2.05, 4.69) is 5.32 Å². The number of hydrogen-bond donors (Lipinski definition) is 2. The molecule has 2 atom stereocenters. The lowest BCUT2D eigenvalue weighted by molar-refractivity contribution is -0.143. The van der Waals surface area contributed by atoms with E-state index in [1.165, 1.54) is 19.3 Å². The lowest BCUT2D eigenvalue weighted by Crippen LogP contribution is -2.64. The number of aryl methyl sites for hydroxylation is 1. The molecule has 3 nitrogen and oxygen atoms in total. The quantitative estimate of drug-likeness (QED) is 0.787. The Morgan fingerprint density at radius 3 is 2.62 bits per heavy atom. The van der Waals surface area contributed by atoms with Crippen molar-refractivity contribution in [2.24, 2.45) is 11.8 Å². The maximum atomic E-state index is 10.9. The molecule has 1 aromatic heterocycles. The van der Waals surface area contributed by atoms with E-state index in [-0.39, 0.29) is 5.54 Å². The Morgan fingerprint density at radius 1 is 1.15 bits per heavy atom. The summed E-state index contributed by atoms with van der Waals surface area (Å²) in [5.41, 5.74) is 1.75. The third-order valence-electron chi connectivity index (χ3n) is 6.79. The fourth-order valence-electron chi connectivity index (χ4n) is 6.07. The van der Waals surface area contributed by atoms with Gasteiger partial charge in [0.1, 0.15) is 11.5 Å². The molecule has 4 fully saturated rings. The second-order valence-corrected chi connectivity index (χ2v) is 9.46. The summed E-state index contributed by atoms with van der Waals surface area (Å²) in [7, 11) is 0. The topological polar surface area (TPSA) is 45.4 Å². The molecule has 1 heterocycles. The molecule has 6 rings (SSSR count). The zero-order valence-corrected chi connectivity index (χ0v) is 16.0. The molecule has 4 aliphatic rings. The van der Waals surface area contributed by atoms with E-state index in [1.54, 1.807) is 0 Å². The summed E-state index contributed by atoms with van der Waals surface area (Å²) in [5, 5.41) is 15.4. The molecule has 4 bridgehead atoms. The number of hydrogen-bond acceptors (Lipinski definition) is 3. The first-order chi connectivity index (χ1) is 12.4. The Labute approximate surface area is 159 Å². The predicted molar refractivity (Wildman–Crippen MR) is 103 cm³/mol. The molecule has 26 heavy (non-hydrogen) atoms. The standard InChI is InChI=1S/C22H26ClNO2/c1-14-2-3-17(7-19(14)23)20-5-4-18(26-20)12-24-21-8-15-6-16(9-21)11-22(25,10-15)13-21/h2-5,7,15-16,24-25H,6,8-13H2,1H3. The van der Waals surface area contributed by atoms with Crippen LogP contribution in [0.4, 0.5) is 0 Å². The van der Waals surface area contributed by atoms with Crippen LogP contribution in [-0.4, -0.2) is 16.2 Å². The minimum atomic E-state index is -0.427. The average molecular weight is 372 g/mol. The number of furan rings is 1. The molecule has 0 aliphatic heterocycles. The molecule has 4 heteroatoms. The molecule has 0 saturated heterocycles. The molecule has 0 amide bonds. The van der Waals surface area contributed by atoms with Crippen LogP contribution in [0, 0.1) is 18.8 Å². The molecule has 4 saturated carbocycles. The van der Waals surface area contributed by atoms with Crippen molar-refractivity contribution in [1.82, 2.24) is 5.32 Å². The Bertz CT molecular complexity index is 828. The van der Waals surface area contributed by atoms with Crippen LogP contribution in [0.3, 0.4) is 0 Å². The van der Waals surface area contributed by atoms with Crippen LogP contribution in [0.25, 0.3) is 11.3 Å². The third kappa shape index (κ3) is 2.90. The van der Waals surface area contributed by atoms with Gasteiger partial charge in [-0.05, 0) is 81.0 Å². The molecule has 0 spiro atoms. The summed E-state index contributed by atoms with van der Waals surface area (Å²) in [6, 6.07) is 10.1. The Morgan fingerprint density at radius 2 is 1.92 bits per heavy atom. The number of benzene rings is 1. The summed E-state index contributed by atoms with van der Waals surface area (Å²) < 4.78 is 6.07. The lowest BCUT2D eigenvalue weighted by Gasteiger charge is -2.60. The minimum absolute atomic E-state index is 0.0962. The first-order valence-electron chi connectivity index (χ1n) is 9.75. The van der Waals surface area contributed by atoms with Crippen molar-refractivity contribution in [2.45, 2.75) is 63.1 Å². The second kappa shape index (κ2) is 5.85. The van der Waals surface area contributed by atoms with Crippen molar-refractivity contribution in [2.75, 3.05) is 0 Å². The number of halogens is 1. The Kier molecular flexibility index (Phi) is 3.79. The van der Waals surface area contributed by atoms with Crippen LogP contribution < -0.4 is 5.32 Å². The van der Waals surface area contributed by atoms with Crippen molar-refractivity contribution in [3.63, 3.8) is 0 Å². The van der Waals surface area contributed by atoms with Gasteiger partial charge in [-0.1, -0.05) is 23.7 Å². The van der Waals surface area contributed by atoms with Gasteiger partial charge in [0.05, 0.1) is 12.1 Å². The molecule has 1 aromatic carbocycles. The van der Waals surface area contributed by atoms with Gasteiger partial charge in [0.25, 0.3) is 0 Å². The largest absolute Gasteiger partial charge is 0.460 e. The van der Waals surface area contributed by atoms with E-state index in [9.17, 15) is 5.11 Å². The molecule has 138 valence electrons. The van der Waals surface area contributed by atoms with Gasteiger partial charge in [-0.15, -0.1) is 0 Å². The van der Waals surface area contributed by atoms with Crippen molar-refractivity contribution >= 4 is 11.6 Å². The highest BCUT2D eigenvalue weighted by molar-refractivity contribution is 6.31. The van der Waals surface area contributed by atoms with E-state index in [4.69, 9.17) is 16.0 Å². The summed E-state index contributed by atoms with van der Waals surface area (Å²) in [6.07, 6.45) is 6.62. The van der Waals surface area contributed by atoms with E-state index in [0.29, 0.717) is 11.8 Å². The smallest absolute Gasteiger partial charge is 0.134 e. The van der Waals surface area contributed by atoms with Crippen LogP contribution >= 0.6 is 11.6 Å². The van der Waals surface area contributed by atoms with Crippen LogP contribution in [0.1, 0.15) is 49.8 Å². The number of aliphatic hydroxyl groups is 1. The van der Waals surface area contributed by atoms with Gasteiger partial charge in [0.2, 0.25) is 0 Å². The van der Waals surface area contributed by atoms with Gasteiger partial charge in [0, 0.05) is 16.1 Å². The Hall–Kier alpha value is -1.29. The zero-order valence-electron chi connectivity index (χ0n) is 15.2. The average Bonchev–Trinajstić information content (AvgIpc) is 3.02. The SMILES string of the molecule is Cc1ccc(-c2ccc(CNC34CC5CC(CC(O)(C5)C3)C4)o2)cc1Cl. The maximum Gasteiger partial charge on any atom is 0.134 e. The normalized spacial score (nSPS) is 35.2. The highest BCUT2D eigenvalue weighted by Crippen LogP contribution is 2.57. The van der Waals surface area contributed by atoms with E-state index in [1.807, 2.05) is 37.3 Å². The van der Waals surface area contributed by atoms with Gasteiger partial charge in [-0.25, -0.2) is 0 Å². The number of nitrogens with one attached hydrogen (secondary N) is 1. The van der Waals surface area contributed by atoms with Crippen molar-refractivity contribution in [1.29, 1.82) is 0 Å². The van der Waals surface area contributed by atoms with Crippen molar-refractivity contribution in [3.05, 3.63) is 46.7 Å². The summed E-state index contributed by atoms with van der Waals surface area (Å²) in [6.45, 7) is 2.72. The summed E-state index contributed by atoms with van der Waals surface area (Å²) >= 11 is 6.24. The molecule has 0 radical (unpaired) electrons. The van der Waals surface area contributed by atoms with Gasteiger partial charge >= 0.3 is 0 Å². The van der Waals surface area contributed by atoms with Gasteiger partial charge in [-0.2, -0.15) is 0 Å². The monoisotopic (exact) mass is 371 g/mol. The summed E-state index contributed by atoms with van der Waals surface area (Å²) in [4.78, 5) is 0. The fourth-order valence-corrected chi connectivity index (χ4v) is 6.25. The minimum Gasteiger partial charge on any atom is -0.460 e. The third-order valence-corrected chi connectivity index (χ3v) is 7.19. The van der Waals surface area contributed by atoms with Crippen LogP contribution in [0.2, 0.25) is 5.02 Å². The fraction of sp³-hybridized carbons (Fsp3) is 0.545. The van der Waals surface area contributed by atoms with E-state index >= 15 is 0 Å². The predicted octanol–water partition coefficient (Wildman–Crippen LogP) is 5.08. The van der Waals surface area contributed by atoms with Gasteiger partial charge in [-0.3, -0.25) is 0 Å². The highest BCUT2D eigenvalue weighted by atomic mass is 35.5. The van der Waals surface area contributed by atoms with Gasteiger partial charge in [0.15, 0.2) is 0 Å². The summed E-state index contributed by atoms with van der Waals surface area (Å²) in [5.74, 6) is 3.18. The molecule has 2 unspecified atom stereocenters. The zero-order chi connectivity index (χ0) is 17.9. The van der Waals surface area contributed by atoms with E-state index < -0.39 is 5.60 Å². The van der Waals surface area contributed by atoms with Crippen LogP contribution in [0.5, 0.6) is 0 Å². The van der Waals surface area contributed by atoms with Crippen molar-refractivity contribution < 1.29 is 9.52 Å². The first kappa shape index (κ1) is 16.9. The number of rotatable bonds is 4. The van der Waals surface area contributed by atoms with Crippen LogP contribution in [0.15, 0.2) is 34.7 Å². The molecule has 4 aliphatic carbocycles. The lowest BCUT2D eigenvalue weighted by atomic mass is 9.51. The van der Waals surface area contributed by atoms with Crippen LogP contribution in [-0.2, 0) is 6.54 Å². The maximum absolute atomic E-state index is 10.9. The molecule has 2 aromatic rings. The molecular formula is C22H26ClNO2. The van der Waals surface area contributed by atoms with Gasteiger partial charge < -0.3 is 14.8 Å².